The average Bonchev–Trinajstić information content (AvgIpc) is 2.98. The van der Waals surface area contributed by atoms with Crippen LogP contribution in [0.5, 0.6) is 0 Å². The fraction of sp³-hybridized carbons (Fsp3) is 0.692. The lowest BCUT2D eigenvalue weighted by Gasteiger charge is -2.28. The lowest BCUT2D eigenvalue weighted by atomic mass is 10.0. The van der Waals surface area contributed by atoms with Gasteiger partial charge in [-0.2, -0.15) is 0 Å². The molecule has 16 heavy (non-hydrogen) atoms. The molecule has 0 aromatic carbocycles. The Balaban J connectivity index is 1.64. The monoisotopic (exact) mass is 220 g/mol. The zero-order valence-corrected chi connectivity index (χ0v) is 9.69. The maximum Gasteiger partial charge on any atom is 0.117 e. The highest BCUT2D eigenvalue weighted by Crippen LogP contribution is 2.26. The summed E-state index contributed by atoms with van der Waals surface area (Å²) in [6, 6.07) is 5.51. The Morgan fingerprint density at radius 1 is 1.38 bits per heavy atom. The summed E-state index contributed by atoms with van der Waals surface area (Å²) in [6.07, 6.45) is 7.14. The van der Waals surface area contributed by atoms with Crippen LogP contribution >= 0.6 is 0 Å². The van der Waals surface area contributed by atoms with Crippen molar-refractivity contribution in [2.75, 3.05) is 13.1 Å². The minimum Gasteiger partial charge on any atom is -0.468 e. The number of hydrogen-bond acceptors (Lipinski definition) is 3. The minimum atomic E-state index is 0.720. The van der Waals surface area contributed by atoms with Crippen molar-refractivity contribution >= 4 is 0 Å². The summed E-state index contributed by atoms with van der Waals surface area (Å²) in [7, 11) is 0. The van der Waals surface area contributed by atoms with Crippen LogP contribution in [0.15, 0.2) is 22.8 Å². The number of rotatable bonds is 3. The minimum absolute atomic E-state index is 0.720. The van der Waals surface area contributed by atoms with Crippen molar-refractivity contribution in [2.45, 2.75) is 44.3 Å². The summed E-state index contributed by atoms with van der Waals surface area (Å²) in [5.74, 6) is 1.10. The molecule has 3 heterocycles. The van der Waals surface area contributed by atoms with Gasteiger partial charge in [0.2, 0.25) is 0 Å². The molecule has 3 nitrogen and oxygen atoms in total. The first kappa shape index (κ1) is 10.4. The molecule has 2 saturated heterocycles. The Morgan fingerprint density at radius 2 is 2.38 bits per heavy atom. The van der Waals surface area contributed by atoms with Crippen LogP contribution in [0, 0.1) is 0 Å². The molecule has 1 aromatic rings. The van der Waals surface area contributed by atoms with Crippen molar-refractivity contribution < 1.29 is 4.42 Å². The molecule has 0 saturated carbocycles. The number of furan rings is 1. The van der Waals surface area contributed by atoms with Crippen molar-refractivity contribution in [1.29, 1.82) is 0 Å². The predicted molar refractivity (Wildman–Crippen MR) is 63.2 cm³/mol. The number of likely N-dealkylation sites (tertiary alicyclic amines) is 1. The summed E-state index contributed by atoms with van der Waals surface area (Å²) in [5.41, 5.74) is 0. The van der Waals surface area contributed by atoms with E-state index in [0.29, 0.717) is 0 Å². The second kappa shape index (κ2) is 4.60. The number of nitrogens with zero attached hydrogens (tertiary/aromatic N) is 1. The van der Waals surface area contributed by atoms with Crippen molar-refractivity contribution in [3.63, 3.8) is 0 Å². The van der Waals surface area contributed by atoms with Crippen LogP contribution in [0.3, 0.4) is 0 Å². The van der Waals surface area contributed by atoms with E-state index in [9.17, 15) is 0 Å². The topological polar surface area (TPSA) is 28.4 Å². The molecule has 3 heteroatoms. The Bertz CT molecular complexity index is 317. The molecule has 0 amide bonds. The van der Waals surface area contributed by atoms with E-state index in [1.54, 1.807) is 6.26 Å². The predicted octanol–water partition coefficient (Wildman–Crippen LogP) is 2.00. The summed E-state index contributed by atoms with van der Waals surface area (Å²) >= 11 is 0. The first-order valence-corrected chi connectivity index (χ1v) is 6.43. The van der Waals surface area contributed by atoms with Gasteiger partial charge in [-0.3, -0.25) is 4.90 Å². The quantitative estimate of drug-likeness (QED) is 0.844. The van der Waals surface area contributed by atoms with E-state index in [1.807, 2.05) is 6.07 Å². The van der Waals surface area contributed by atoms with E-state index in [-0.39, 0.29) is 0 Å². The summed E-state index contributed by atoms with van der Waals surface area (Å²) < 4.78 is 5.44. The molecule has 1 aromatic heterocycles. The Morgan fingerprint density at radius 3 is 3.12 bits per heavy atom. The third-order valence-electron chi connectivity index (χ3n) is 3.92. The lowest BCUT2D eigenvalue weighted by molar-refractivity contribution is 0.192. The van der Waals surface area contributed by atoms with Crippen LogP contribution in [0.25, 0.3) is 0 Å². The van der Waals surface area contributed by atoms with Gasteiger partial charge in [0, 0.05) is 12.1 Å². The van der Waals surface area contributed by atoms with Gasteiger partial charge < -0.3 is 9.73 Å². The van der Waals surface area contributed by atoms with E-state index in [2.05, 4.69) is 16.3 Å². The van der Waals surface area contributed by atoms with Gasteiger partial charge in [0.15, 0.2) is 0 Å². The van der Waals surface area contributed by atoms with E-state index in [4.69, 9.17) is 4.42 Å². The average molecular weight is 220 g/mol. The summed E-state index contributed by atoms with van der Waals surface area (Å²) in [4.78, 5) is 2.59. The van der Waals surface area contributed by atoms with Crippen LogP contribution in [0.1, 0.15) is 31.4 Å². The van der Waals surface area contributed by atoms with Gasteiger partial charge in [0.25, 0.3) is 0 Å². The van der Waals surface area contributed by atoms with Gasteiger partial charge in [-0.05, 0) is 50.9 Å². The smallest absolute Gasteiger partial charge is 0.117 e. The summed E-state index contributed by atoms with van der Waals surface area (Å²) in [5, 5.41) is 3.64. The molecule has 3 rings (SSSR count). The van der Waals surface area contributed by atoms with E-state index >= 15 is 0 Å². The highest BCUT2D eigenvalue weighted by Gasteiger charge is 2.33. The molecule has 1 N–H and O–H groups in total. The molecule has 2 unspecified atom stereocenters. The molecule has 0 bridgehead atoms. The Kier molecular flexibility index (Phi) is 2.98. The molecular formula is C13H20N2O. The van der Waals surface area contributed by atoms with Crippen molar-refractivity contribution in [1.82, 2.24) is 10.2 Å². The SMILES string of the molecule is c1coc(CN2CCCC2C2CCCN2)c1. The van der Waals surface area contributed by atoms with Crippen LogP contribution in [0.4, 0.5) is 0 Å². The van der Waals surface area contributed by atoms with Crippen molar-refractivity contribution in [3.8, 4) is 0 Å². The van der Waals surface area contributed by atoms with Crippen molar-refractivity contribution in [2.24, 2.45) is 0 Å². The fourth-order valence-electron chi connectivity index (χ4n) is 3.15. The molecule has 2 aliphatic rings. The molecule has 2 aliphatic heterocycles. The second-order valence-electron chi connectivity index (χ2n) is 4.96. The summed E-state index contributed by atoms with van der Waals surface area (Å²) in [6.45, 7) is 3.41. The van der Waals surface area contributed by atoms with Gasteiger partial charge in [-0.25, -0.2) is 0 Å². The Hall–Kier alpha value is -0.800. The van der Waals surface area contributed by atoms with E-state index in [0.717, 1.165) is 24.4 Å². The molecule has 0 aliphatic carbocycles. The van der Waals surface area contributed by atoms with Gasteiger partial charge in [0.05, 0.1) is 12.8 Å². The number of hydrogen-bond donors (Lipinski definition) is 1. The second-order valence-corrected chi connectivity index (χ2v) is 4.96. The maximum atomic E-state index is 5.44. The van der Waals surface area contributed by atoms with Crippen LogP contribution < -0.4 is 5.32 Å². The van der Waals surface area contributed by atoms with Gasteiger partial charge in [0.1, 0.15) is 5.76 Å². The standard InChI is InChI=1S/C13H20N2O/c1-5-12(14-7-1)13-6-2-8-15(13)10-11-4-3-9-16-11/h3-4,9,12-14H,1-2,5-8,10H2. The highest BCUT2D eigenvalue weighted by atomic mass is 16.3. The fourth-order valence-corrected chi connectivity index (χ4v) is 3.15. The molecule has 0 radical (unpaired) electrons. The lowest BCUT2D eigenvalue weighted by Crippen LogP contribution is -2.43. The number of nitrogens with one attached hydrogen (secondary N) is 1. The van der Waals surface area contributed by atoms with Crippen LogP contribution in [-0.2, 0) is 6.54 Å². The van der Waals surface area contributed by atoms with Crippen LogP contribution in [0.2, 0.25) is 0 Å². The maximum absolute atomic E-state index is 5.44. The zero-order chi connectivity index (χ0) is 10.8. The first-order chi connectivity index (χ1) is 7.93. The molecular weight excluding hydrogens is 200 g/mol. The van der Waals surface area contributed by atoms with E-state index < -0.39 is 0 Å². The molecule has 88 valence electrons. The van der Waals surface area contributed by atoms with Crippen molar-refractivity contribution in [3.05, 3.63) is 24.2 Å². The van der Waals surface area contributed by atoms with Crippen LogP contribution in [-0.4, -0.2) is 30.1 Å². The zero-order valence-electron chi connectivity index (χ0n) is 9.69. The van der Waals surface area contributed by atoms with Gasteiger partial charge in [-0.15, -0.1) is 0 Å². The molecule has 0 spiro atoms. The third kappa shape index (κ3) is 2.02. The third-order valence-corrected chi connectivity index (χ3v) is 3.92. The molecule has 2 fully saturated rings. The largest absolute Gasteiger partial charge is 0.468 e. The normalized spacial score (nSPS) is 31.2. The van der Waals surface area contributed by atoms with Gasteiger partial charge >= 0.3 is 0 Å². The Labute approximate surface area is 96.8 Å². The molecule has 2 atom stereocenters. The van der Waals surface area contributed by atoms with E-state index in [1.165, 1.54) is 38.8 Å². The first-order valence-electron chi connectivity index (χ1n) is 6.43. The van der Waals surface area contributed by atoms with Gasteiger partial charge in [-0.1, -0.05) is 0 Å². The highest BCUT2D eigenvalue weighted by molar-refractivity contribution is 5.01.